The number of halogens is 1. The summed E-state index contributed by atoms with van der Waals surface area (Å²) in [6.45, 7) is 0.968. The van der Waals surface area contributed by atoms with Gasteiger partial charge in [0.2, 0.25) is 11.8 Å². The Morgan fingerprint density at radius 1 is 1.29 bits per heavy atom. The largest absolute Gasteiger partial charge is 0.494 e. The van der Waals surface area contributed by atoms with Gasteiger partial charge in [-0.15, -0.1) is 0 Å². The van der Waals surface area contributed by atoms with Gasteiger partial charge in [0, 0.05) is 31.3 Å². The second-order valence-corrected chi connectivity index (χ2v) is 5.30. The number of ether oxygens (including phenoxy) is 1. The molecule has 6 heteroatoms. The first-order chi connectivity index (χ1) is 10.1. The molecule has 0 aromatic heterocycles. The highest BCUT2D eigenvalue weighted by Crippen LogP contribution is 2.29. The zero-order chi connectivity index (χ0) is 15.0. The van der Waals surface area contributed by atoms with Gasteiger partial charge in [0.25, 0.3) is 0 Å². The summed E-state index contributed by atoms with van der Waals surface area (Å²) >= 11 is 0. The first-order valence-electron chi connectivity index (χ1n) is 7.06. The molecule has 2 saturated heterocycles. The van der Waals surface area contributed by atoms with E-state index in [0.717, 1.165) is 6.42 Å². The molecule has 1 aromatic rings. The standard InChI is InChI=1S/C15H17FN2O3/c1-21-13-9-10(4-5-11(13)16)17-8-6-14(19)18-7-2-3-12(18)15(17)20/h4-5,9,12H,2-3,6-8H2,1H3. The van der Waals surface area contributed by atoms with Crippen molar-refractivity contribution in [1.29, 1.82) is 0 Å². The molecule has 1 atom stereocenters. The third kappa shape index (κ3) is 2.34. The Morgan fingerprint density at radius 2 is 2.10 bits per heavy atom. The molecule has 0 radical (unpaired) electrons. The SMILES string of the molecule is COc1cc(N2CCC(=O)N3CCCC3C2=O)ccc1F. The molecule has 0 aliphatic carbocycles. The van der Waals surface area contributed by atoms with Crippen LogP contribution >= 0.6 is 0 Å². The van der Waals surface area contributed by atoms with Gasteiger partial charge >= 0.3 is 0 Å². The molecule has 0 saturated carbocycles. The van der Waals surface area contributed by atoms with Gasteiger partial charge in [-0.25, -0.2) is 4.39 Å². The molecule has 2 heterocycles. The summed E-state index contributed by atoms with van der Waals surface area (Å²) in [5, 5.41) is 0. The van der Waals surface area contributed by atoms with Crippen molar-refractivity contribution in [3.05, 3.63) is 24.0 Å². The van der Waals surface area contributed by atoms with E-state index in [1.807, 2.05) is 0 Å². The minimum absolute atomic E-state index is 0.0161. The number of amides is 2. The van der Waals surface area contributed by atoms with Crippen LogP contribution in [0, 0.1) is 5.82 Å². The summed E-state index contributed by atoms with van der Waals surface area (Å²) in [6.07, 6.45) is 1.84. The van der Waals surface area contributed by atoms with E-state index in [4.69, 9.17) is 4.74 Å². The summed E-state index contributed by atoms with van der Waals surface area (Å²) < 4.78 is 18.5. The van der Waals surface area contributed by atoms with E-state index < -0.39 is 5.82 Å². The van der Waals surface area contributed by atoms with Gasteiger partial charge in [0.15, 0.2) is 11.6 Å². The third-order valence-corrected chi connectivity index (χ3v) is 4.12. The summed E-state index contributed by atoms with van der Waals surface area (Å²) in [7, 11) is 1.38. The average molecular weight is 292 g/mol. The van der Waals surface area contributed by atoms with Gasteiger partial charge in [0.05, 0.1) is 7.11 Å². The number of rotatable bonds is 2. The Bertz CT molecular complexity index is 590. The number of carbonyl (C=O) groups excluding carboxylic acids is 2. The van der Waals surface area contributed by atoms with E-state index in [9.17, 15) is 14.0 Å². The maximum Gasteiger partial charge on any atom is 0.249 e. The molecular weight excluding hydrogens is 275 g/mol. The molecule has 5 nitrogen and oxygen atoms in total. The number of hydrogen-bond donors (Lipinski definition) is 0. The number of nitrogens with zero attached hydrogens (tertiary/aromatic N) is 2. The molecule has 2 aliphatic heterocycles. The van der Waals surface area contributed by atoms with Gasteiger partial charge in [-0.05, 0) is 25.0 Å². The van der Waals surface area contributed by atoms with E-state index in [1.54, 1.807) is 15.9 Å². The molecular formula is C15H17FN2O3. The predicted molar refractivity (Wildman–Crippen MR) is 74.7 cm³/mol. The van der Waals surface area contributed by atoms with Crippen LogP contribution in [0.15, 0.2) is 18.2 Å². The highest BCUT2D eigenvalue weighted by Gasteiger charge is 2.39. The number of methoxy groups -OCH3 is 1. The minimum atomic E-state index is -0.470. The highest BCUT2D eigenvalue weighted by atomic mass is 19.1. The second-order valence-electron chi connectivity index (χ2n) is 5.30. The number of anilines is 1. The van der Waals surface area contributed by atoms with E-state index in [1.165, 1.54) is 19.2 Å². The van der Waals surface area contributed by atoms with Crippen LogP contribution in [0.2, 0.25) is 0 Å². The third-order valence-electron chi connectivity index (χ3n) is 4.12. The predicted octanol–water partition coefficient (Wildman–Crippen LogP) is 1.56. The first kappa shape index (κ1) is 13.9. The summed E-state index contributed by atoms with van der Waals surface area (Å²) in [4.78, 5) is 27.9. The molecule has 0 N–H and O–H groups in total. The van der Waals surface area contributed by atoms with E-state index in [-0.39, 0.29) is 23.6 Å². The lowest BCUT2D eigenvalue weighted by Gasteiger charge is -2.25. The molecule has 2 aliphatic rings. The van der Waals surface area contributed by atoms with Crippen LogP contribution in [-0.4, -0.2) is 43.0 Å². The zero-order valence-corrected chi connectivity index (χ0v) is 11.8. The van der Waals surface area contributed by atoms with Crippen molar-refractivity contribution in [3.8, 4) is 5.75 Å². The van der Waals surface area contributed by atoms with Gasteiger partial charge in [-0.1, -0.05) is 0 Å². The molecule has 0 bridgehead atoms. The van der Waals surface area contributed by atoms with Crippen molar-refractivity contribution < 1.29 is 18.7 Å². The molecule has 1 unspecified atom stereocenters. The minimum Gasteiger partial charge on any atom is -0.494 e. The summed E-state index contributed by atoms with van der Waals surface area (Å²) in [6, 6.07) is 3.95. The van der Waals surface area contributed by atoms with Crippen LogP contribution in [0.3, 0.4) is 0 Å². The Hall–Kier alpha value is -2.11. The Labute approximate surface area is 122 Å². The fraction of sp³-hybridized carbons (Fsp3) is 0.467. The van der Waals surface area contributed by atoms with E-state index in [0.29, 0.717) is 31.6 Å². The van der Waals surface area contributed by atoms with Gasteiger partial charge in [-0.3, -0.25) is 9.59 Å². The molecule has 112 valence electrons. The van der Waals surface area contributed by atoms with Crippen LogP contribution in [0.5, 0.6) is 5.75 Å². The maximum absolute atomic E-state index is 13.5. The summed E-state index contributed by atoms with van der Waals surface area (Å²) in [5.74, 6) is -0.448. The quantitative estimate of drug-likeness (QED) is 0.831. The Kier molecular flexibility index (Phi) is 3.53. The van der Waals surface area contributed by atoms with Crippen LogP contribution < -0.4 is 9.64 Å². The van der Waals surface area contributed by atoms with Crippen LogP contribution in [-0.2, 0) is 9.59 Å². The summed E-state index contributed by atoms with van der Waals surface area (Å²) in [5.41, 5.74) is 0.569. The molecule has 3 rings (SSSR count). The van der Waals surface area contributed by atoms with E-state index in [2.05, 4.69) is 0 Å². The van der Waals surface area contributed by atoms with Crippen molar-refractivity contribution in [1.82, 2.24) is 4.90 Å². The number of fused-ring (bicyclic) bond motifs is 1. The molecule has 1 aromatic carbocycles. The normalized spacial score (nSPS) is 22.3. The number of hydrogen-bond acceptors (Lipinski definition) is 3. The van der Waals surface area contributed by atoms with Gasteiger partial charge < -0.3 is 14.5 Å². The lowest BCUT2D eigenvalue weighted by molar-refractivity contribution is -0.135. The van der Waals surface area contributed by atoms with Crippen LogP contribution in [0.1, 0.15) is 19.3 Å². The second kappa shape index (κ2) is 5.35. The van der Waals surface area contributed by atoms with Crippen molar-refractivity contribution in [3.63, 3.8) is 0 Å². The van der Waals surface area contributed by atoms with Crippen molar-refractivity contribution >= 4 is 17.5 Å². The van der Waals surface area contributed by atoms with Gasteiger partial charge in [-0.2, -0.15) is 0 Å². The first-order valence-corrected chi connectivity index (χ1v) is 7.06. The fourth-order valence-corrected chi connectivity index (χ4v) is 3.04. The highest BCUT2D eigenvalue weighted by molar-refractivity contribution is 6.01. The van der Waals surface area contributed by atoms with Gasteiger partial charge in [0.1, 0.15) is 6.04 Å². The lowest BCUT2D eigenvalue weighted by Crippen LogP contribution is -2.43. The average Bonchev–Trinajstić information content (AvgIpc) is 2.94. The molecule has 0 spiro atoms. The maximum atomic E-state index is 13.5. The topological polar surface area (TPSA) is 49.9 Å². The molecule has 2 fully saturated rings. The lowest BCUT2D eigenvalue weighted by atomic mass is 10.1. The Balaban J connectivity index is 1.94. The van der Waals surface area contributed by atoms with Crippen molar-refractivity contribution in [2.24, 2.45) is 0 Å². The number of carbonyl (C=O) groups is 2. The number of benzene rings is 1. The van der Waals surface area contributed by atoms with Crippen LogP contribution in [0.25, 0.3) is 0 Å². The zero-order valence-electron chi connectivity index (χ0n) is 11.8. The van der Waals surface area contributed by atoms with Crippen molar-refractivity contribution in [2.75, 3.05) is 25.1 Å². The fourth-order valence-electron chi connectivity index (χ4n) is 3.04. The monoisotopic (exact) mass is 292 g/mol. The van der Waals surface area contributed by atoms with Crippen molar-refractivity contribution in [2.45, 2.75) is 25.3 Å². The smallest absolute Gasteiger partial charge is 0.249 e. The Morgan fingerprint density at radius 3 is 2.86 bits per heavy atom. The molecule has 2 amide bonds. The van der Waals surface area contributed by atoms with E-state index >= 15 is 0 Å². The molecule has 21 heavy (non-hydrogen) atoms. The van der Waals surface area contributed by atoms with Crippen LogP contribution in [0.4, 0.5) is 10.1 Å².